The summed E-state index contributed by atoms with van der Waals surface area (Å²) in [5, 5.41) is 7.16. The molecule has 9 nitrogen and oxygen atoms in total. The summed E-state index contributed by atoms with van der Waals surface area (Å²) in [6.45, 7) is 2.67. The van der Waals surface area contributed by atoms with Gasteiger partial charge in [0.2, 0.25) is 0 Å². The smallest absolute Gasteiger partial charge is 0.307 e. The minimum Gasteiger partial charge on any atom is -0.307 e. The molecule has 7 rings (SSSR count). The molecule has 2 bridgehead atoms. The van der Waals surface area contributed by atoms with Gasteiger partial charge in [0.15, 0.2) is 0 Å². The molecule has 3 saturated heterocycles. The fourth-order valence-corrected chi connectivity index (χ4v) is 7.85. The highest BCUT2D eigenvalue weighted by Crippen LogP contribution is 2.39. The Hall–Kier alpha value is -2.59. The molecular formula is C24H32N6O3S. The molecule has 5 aliphatic rings. The third kappa shape index (κ3) is 3.76. The summed E-state index contributed by atoms with van der Waals surface area (Å²) >= 11 is 0. The van der Waals surface area contributed by atoms with Gasteiger partial charge in [-0.25, -0.2) is 13.8 Å². The van der Waals surface area contributed by atoms with Gasteiger partial charge < -0.3 is 10.2 Å². The lowest BCUT2D eigenvalue weighted by Gasteiger charge is -2.48. The molecule has 0 spiro atoms. The number of urea groups is 1. The van der Waals surface area contributed by atoms with E-state index in [2.05, 4.69) is 26.1 Å². The monoisotopic (exact) mass is 484 g/mol. The van der Waals surface area contributed by atoms with E-state index in [0.29, 0.717) is 12.2 Å². The molecule has 182 valence electrons. The van der Waals surface area contributed by atoms with E-state index in [-0.39, 0.29) is 12.0 Å². The third-order valence-electron chi connectivity index (χ3n) is 8.06. The third-order valence-corrected chi connectivity index (χ3v) is 9.50. The molecule has 2 N–H and O–H groups in total. The van der Waals surface area contributed by atoms with E-state index in [1.165, 1.54) is 26.6 Å². The minimum atomic E-state index is -4.14. The van der Waals surface area contributed by atoms with Crippen LogP contribution in [0.2, 0.25) is 0 Å². The second-order valence-corrected chi connectivity index (χ2v) is 11.7. The SMILES string of the molecule is Cn1cc(N(C2CN3CCC2CC3)S(=O)(=O)NC(=O)Nc2c3c(cc4c2CCC4)CCC3)cn1. The topological polar surface area (TPSA) is 99.6 Å². The van der Waals surface area contributed by atoms with Gasteiger partial charge in [-0.05, 0) is 92.6 Å². The second-order valence-electron chi connectivity index (χ2n) is 10.2. The Morgan fingerprint density at radius 1 is 1.09 bits per heavy atom. The number of fused-ring (bicyclic) bond motifs is 5. The van der Waals surface area contributed by atoms with Crippen molar-refractivity contribution in [2.45, 2.75) is 57.4 Å². The molecule has 3 aliphatic heterocycles. The number of benzene rings is 1. The van der Waals surface area contributed by atoms with E-state index < -0.39 is 16.2 Å². The maximum Gasteiger partial charge on any atom is 0.334 e. The highest BCUT2D eigenvalue weighted by atomic mass is 32.2. The molecule has 2 amide bonds. The number of carbonyl (C=O) groups is 1. The summed E-state index contributed by atoms with van der Waals surface area (Å²) in [6, 6.07) is 1.38. The normalized spacial score (nSPS) is 25.1. The second kappa shape index (κ2) is 8.27. The number of hydrogen-bond donors (Lipinski definition) is 2. The van der Waals surface area contributed by atoms with Gasteiger partial charge >= 0.3 is 16.2 Å². The Morgan fingerprint density at radius 3 is 2.32 bits per heavy atom. The molecule has 4 heterocycles. The first-order chi connectivity index (χ1) is 16.4. The first kappa shape index (κ1) is 21.9. The molecule has 2 aromatic rings. The molecule has 2 aliphatic carbocycles. The number of hydrogen-bond acceptors (Lipinski definition) is 5. The highest BCUT2D eigenvalue weighted by Gasteiger charge is 2.43. The number of nitrogens with zero attached hydrogens (tertiary/aromatic N) is 4. The molecule has 10 heteroatoms. The lowest BCUT2D eigenvalue weighted by Crippen LogP contribution is -2.61. The van der Waals surface area contributed by atoms with E-state index in [1.54, 1.807) is 24.1 Å². The average Bonchev–Trinajstić information content (AvgIpc) is 3.55. The fraction of sp³-hybridized carbons (Fsp3) is 0.583. The summed E-state index contributed by atoms with van der Waals surface area (Å²) < 4.78 is 32.7. The minimum absolute atomic E-state index is 0.220. The van der Waals surface area contributed by atoms with Crippen LogP contribution in [0.4, 0.5) is 16.2 Å². The van der Waals surface area contributed by atoms with Crippen LogP contribution >= 0.6 is 0 Å². The number of carbonyl (C=O) groups excluding carboxylic acids is 1. The van der Waals surface area contributed by atoms with Gasteiger partial charge in [0.25, 0.3) is 0 Å². The van der Waals surface area contributed by atoms with Crippen molar-refractivity contribution < 1.29 is 13.2 Å². The van der Waals surface area contributed by atoms with E-state index in [4.69, 9.17) is 0 Å². The zero-order valence-electron chi connectivity index (χ0n) is 19.6. The Balaban J connectivity index is 1.29. The number of nitrogens with one attached hydrogen (secondary N) is 2. The van der Waals surface area contributed by atoms with Crippen LogP contribution in [-0.4, -0.2) is 54.8 Å². The summed E-state index contributed by atoms with van der Waals surface area (Å²) in [7, 11) is -2.37. The van der Waals surface area contributed by atoms with Gasteiger partial charge in [0, 0.05) is 25.5 Å². The van der Waals surface area contributed by atoms with Crippen molar-refractivity contribution in [3.05, 3.63) is 40.7 Å². The zero-order chi connectivity index (χ0) is 23.4. The predicted molar refractivity (Wildman–Crippen MR) is 130 cm³/mol. The first-order valence-electron chi connectivity index (χ1n) is 12.4. The summed E-state index contributed by atoms with van der Waals surface area (Å²) in [4.78, 5) is 15.5. The summed E-state index contributed by atoms with van der Waals surface area (Å²) in [5.41, 5.74) is 6.27. The van der Waals surface area contributed by atoms with Crippen LogP contribution in [0.3, 0.4) is 0 Å². The quantitative estimate of drug-likeness (QED) is 0.679. The standard InChI is InChI=1S/C24H32N6O3S/c1-28-14-19(13-25-28)30(22-15-29-10-8-16(22)9-11-29)34(32,33)27-24(31)26-23-20-6-2-4-17(20)12-18-5-3-7-21(18)23/h12-14,16,22H,2-11,15H2,1H3,(H2,26,27,31). The number of amides is 2. The first-order valence-corrected chi connectivity index (χ1v) is 13.8. The molecule has 1 aromatic heterocycles. The molecule has 1 atom stereocenters. The van der Waals surface area contributed by atoms with Gasteiger partial charge in [-0.2, -0.15) is 13.5 Å². The van der Waals surface area contributed by atoms with Crippen LogP contribution in [0, 0.1) is 5.92 Å². The van der Waals surface area contributed by atoms with Crippen LogP contribution in [0.15, 0.2) is 18.5 Å². The number of anilines is 2. The molecule has 1 unspecified atom stereocenters. The number of piperidine rings is 3. The van der Waals surface area contributed by atoms with Crippen molar-refractivity contribution in [2.24, 2.45) is 13.0 Å². The van der Waals surface area contributed by atoms with Crippen molar-refractivity contribution in [1.82, 2.24) is 19.4 Å². The fourth-order valence-electron chi connectivity index (χ4n) is 6.50. The van der Waals surface area contributed by atoms with Crippen LogP contribution in [-0.2, 0) is 42.9 Å². The van der Waals surface area contributed by atoms with Crippen molar-refractivity contribution in [3.63, 3.8) is 0 Å². The average molecular weight is 485 g/mol. The van der Waals surface area contributed by atoms with Gasteiger partial charge in [0.1, 0.15) is 0 Å². The largest absolute Gasteiger partial charge is 0.334 e. The Kier molecular flexibility index (Phi) is 5.33. The summed E-state index contributed by atoms with van der Waals surface area (Å²) in [5.74, 6) is 0.269. The van der Waals surface area contributed by atoms with Crippen molar-refractivity contribution in [3.8, 4) is 0 Å². The number of aromatic nitrogens is 2. The molecular weight excluding hydrogens is 452 g/mol. The highest BCUT2D eigenvalue weighted by molar-refractivity contribution is 7.91. The van der Waals surface area contributed by atoms with E-state index >= 15 is 0 Å². The molecule has 34 heavy (non-hydrogen) atoms. The van der Waals surface area contributed by atoms with E-state index in [0.717, 1.165) is 70.1 Å². The maximum absolute atomic E-state index is 13.7. The van der Waals surface area contributed by atoms with Crippen LogP contribution in [0.25, 0.3) is 0 Å². The Morgan fingerprint density at radius 2 is 1.76 bits per heavy atom. The summed E-state index contributed by atoms with van der Waals surface area (Å²) in [6.07, 6.45) is 11.2. The molecule has 0 saturated carbocycles. The zero-order valence-corrected chi connectivity index (χ0v) is 20.4. The van der Waals surface area contributed by atoms with Gasteiger partial charge in [-0.15, -0.1) is 0 Å². The van der Waals surface area contributed by atoms with E-state index in [1.807, 2.05) is 0 Å². The van der Waals surface area contributed by atoms with Crippen molar-refractivity contribution >= 4 is 27.6 Å². The van der Waals surface area contributed by atoms with Gasteiger partial charge in [-0.1, -0.05) is 6.07 Å². The van der Waals surface area contributed by atoms with Crippen LogP contribution in [0.5, 0.6) is 0 Å². The van der Waals surface area contributed by atoms with Crippen LogP contribution < -0.4 is 14.3 Å². The van der Waals surface area contributed by atoms with Crippen LogP contribution in [0.1, 0.15) is 47.9 Å². The lowest BCUT2D eigenvalue weighted by molar-refractivity contribution is 0.0914. The molecule has 3 fully saturated rings. The van der Waals surface area contributed by atoms with Crippen molar-refractivity contribution in [1.29, 1.82) is 0 Å². The maximum atomic E-state index is 13.7. The molecule has 0 radical (unpaired) electrons. The Labute approximate surface area is 200 Å². The van der Waals surface area contributed by atoms with Crippen molar-refractivity contribution in [2.75, 3.05) is 29.3 Å². The molecule has 1 aromatic carbocycles. The Bertz CT molecular complexity index is 1200. The van der Waals surface area contributed by atoms with Gasteiger partial charge in [0.05, 0.1) is 17.9 Å². The number of rotatable bonds is 5. The van der Waals surface area contributed by atoms with E-state index in [9.17, 15) is 13.2 Å². The lowest BCUT2D eigenvalue weighted by atomic mass is 9.84. The van der Waals surface area contributed by atoms with Gasteiger partial charge in [-0.3, -0.25) is 4.68 Å². The predicted octanol–water partition coefficient (Wildman–Crippen LogP) is 2.36. The number of aryl methyl sites for hydroxylation is 3.